The summed E-state index contributed by atoms with van der Waals surface area (Å²) in [5.74, 6) is 0.666. The summed E-state index contributed by atoms with van der Waals surface area (Å²) in [6.07, 6.45) is 2.77. The van der Waals surface area contributed by atoms with Crippen molar-refractivity contribution in [3.63, 3.8) is 0 Å². The number of aromatic nitrogens is 3. The molecule has 2 rings (SSSR count). The first-order valence-corrected chi connectivity index (χ1v) is 8.40. The standard InChI is InChI=1S/C9H14BrClN4O2S/c1-15-9(8(10)12-14-15)18(16,17)13-7-4-2-3-6(7)5-11/h6-7,13H,2-5H2,1H3. The maximum Gasteiger partial charge on any atom is 0.260 e. The highest BCUT2D eigenvalue weighted by Crippen LogP contribution is 2.28. The van der Waals surface area contributed by atoms with Crippen molar-refractivity contribution in [3.05, 3.63) is 4.60 Å². The van der Waals surface area contributed by atoms with E-state index in [4.69, 9.17) is 11.6 Å². The zero-order chi connectivity index (χ0) is 13.3. The van der Waals surface area contributed by atoms with Crippen molar-refractivity contribution in [2.24, 2.45) is 13.0 Å². The van der Waals surface area contributed by atoms with E-state index < -0.39 is 10.0 Å². The van der Waals surface area contributed by atoms with Gasteiger partial charge in [-0.05, 0) is 34.7 Å². The maximum absolute atomic E-state index is 12.3. The lowest BCUT2D eigenvalue weighted by molar-refractivity contribution is 0.475. The van der Waals surface area contributed by atoms with Gasteiger partial charge in [-0.15, -0.1) is 16.7 Å². The van der Waals surface area contributed by atoms with Crippen molar-refractivity contribution in [1.29, 1.82) is 0 Å². The molecular formula is C9H14BrClN4O2S. The van der Waals surface area contributed by atoms with Crippen LogP contribution in [0.25, 0.3) is 0 Å². The van der Waals surface area contributed by atoms with E-state index in [0.29, 0.717) is 5.88 Å². The summed E-state index contributed by atoms with van der Waals surface area (Å²) < 4.78 is 28.7. The van der Waals surface area contributed by atoms with Crippen LogP contribution in [0, 0.1) is 5.92 Å². The molecule has 0 radical (unpaired) electrons. The number of nitrogens with zero attached hydrogens (tertiary/aromatic N) is 3. The van der Waals surface area contributed by atoms with E-state index in [9.17, 15) is 8.42 Å². The Balaban J connectivity index is 2.23. The fraction of sp³-hybridized carbons (Fsp3) is 0.778. The fourth-order valence-electron chi connectivity index (χ4n) is 2.24. The number of halogens is 2. The number of alkyl halides is 1. The molecule has 1 saturated carbocycles. The van der Waals surface area contributed by atoms with E-state index >= 15 is 0 Å². The van der Waals surface area contributed by atoms with Gasteiger partial charge in [-0.3, -0.25) is 0 Å². The smallest absolute Gasteiger partial charge is 0.235 e. The Hall–Kier alpha value is -0.180. The molecular weight excluding hydrogens is 344 g/mol. The van der Waals surface area contributed by atoms with Gasteiger partial charge in [-0.25, -0.2) is 17.8 Å². The Morgan fingerprint density at radius 3 is 2.83 bits per heavy atom. The van der Waals surface area contributed by atoms with Crippen LogP contribution in [0.2, 0.25) is 0 Å². The van der Waals surface area contributed by atoms with E-state index in [1.165, 1.54) is 4.68 Å². The van der Waals surface area contributed by atoms with Gasteiger partial charge in [0.2, 0.25) is 5.03 Å². The first kappa shape index (κ1) is 14.2. The lowest BCUT2D eigenvalue weighted by Gasteiger charge is -2.18. The van der Waals surface area contributed by atoms with Crippen LogP contribution in [-0.2, 0) is 17.1 Å². The van der Waals surface area contributed by atoms with Crippen molar-refractivity contribution in [2.45, 2.75) is 30.3 Å². The van der Waals surface area contributed by atoms with Gasteiger partial charge in [0.15, 0.2) is 4.60 Å². The third kappa shape index (κ3) is 2.71. The van der Waals surface area contributed by atoms with Crippen molar-refractivity contribution < 1.29 is 8.42 Å². The molecule has 2 atom stereocenters. The minimum absolute atomic E-state index is 0.0442. The van der Waals surface area contributed by atoms with Crippen LogP contribution < -0.4 is 4.72 Å². The van der Waals surface area contributed by atoms with Gasteiger partial charge in [-0.1, -0.05) is 11.6 Å². The molecule has 0 spiro atoms. The Bertz CT molecular complexity index is 513. The zero-order valence-corrected chi connectivity index (χ0v) is 13.0. The molecule has 1 N–H and O–H groups in total. The van der Waals surface area contributed by atoms with Gasteiger partial charge < -0.3 is 0 Å². The molecule has 1 aliphatic carbocycles. The molecule has 0 amide bonds. The second-order valence-electron chi connectivity index (χ2n) is 4.38. The predicted molar refractivity (Wildman–Crippen MR) is 70.9 cm³/mol. The molecule has 0 aliphatic heterocycles. The number of nitrogens with one attached hydrogen (secondary N) is 1. The zero-order valence-electron chi connectivity index (χ0n) is 9.81. The summed E-state index contributed by atoms with van der Waals surface area (Å²) in [5.41, 5.74) is 0. The topological polar surface area (TPSA) is 76.9 Å². The lowest BCUT2D eigenvalue weighted by Crippen LogP contribution is -2.38. The molecule has 2 unspecified atom stereocenters. The van der Waals surface area contributed by atoms with Crippen LogP contribution in [0.15, 0.2) is 9.63 Å². The molecule has 1 aromatic rings. The second-order valence-corrected chi connectivity index (χ2v) is 7.07. The van der Waals surface area contributed by atoms with Crippen molar-refractivity contribution in [1.82, 2.24) is 19.7 Å². The van der Waals surface area contributed by atoms with Gasteiger partial charge in [-0.2, -0.15) is 0 Å². The van der Waals surface area contributed by atoms with E-state index in [2.05, 4.69) is 31.0 Å². The normalized spacial score (nSPS) is 24.6. The van der Waals surface area contributed by atoms with Crippen molar-refractivity contribution >= 4 is 37.6 Å². The van der Waals surface area contributed by atoms with Gasteiger partial charge in [0.1, 0.15) is 0 Å². The van der Waals surface area contributed by atoms with Crippen LogP contribution in [0.3, 0.4) is 0 Å². The molecule has 0 bridgehead atoms. The van der Waals surface area contributed by atoms with Crippen LogP contribution in [0.1, 0.15) is 19.3 Å². The van der Waals surface area contributed by atoms with E-state index in [-0.39, 0.29) is 21.6 Å². The highest BCUT2D eigenvalue weighted by molar-refractivity contribution is 9.10. The van der Waals surface area contributed by atoms with Crippen LogP contribution in [-0.4, -0.2) is 35.3 Å². The molecule has 1 fully saturated rings. The van der Waals surface area contributed by atoms with Gasteiger partial charge >= 0.3 is 0 Å². The minimum Gasteiger partial charge on any atom is -0.235 e. The fourth-order valence-corrected chi connectivity index (χ4v) is 5.04. The Labute approximate surface area is 119 Å². The number of hydrogen-bond acceptors (Lipinski definition) is 4. The predicted octanol–water partition coefficient (Wildman–Crippen LogP) is 1.26. The number of hydrogen-bond donors (Lipinski definition) is 1. The minimum atomic E-state index is -3.62. The Morgan fingerprint density at radius 1 is 1.56 bits per heavy atom. The van der Waals surface area contributed by atoms with Crippen LogP contribution in [0.5, 0.6) is 0 Å². The number of sulfonamides is 1. The third-order valence-corrected chi connectivity index (χ3v) is 5.93. The highest BCUT2D eigenvalue weighted by Gasteiger charge is 2.33. The molecule has 1 heterocycles. The summed E-state index contributed by atoms with van der Waals surface area (Å²) in [6.45, 7) is 0. The summed E-state index contributed by atoms with van der Waals surface area (Å²) in [7, 11) is -2.08. The average Bonchev–Trinajstić information content (AvgIpc) is 2.85. The van der Waals surface area contributed by atoms with E-state index in [1.807, 2.05) is 0 Å². The molecule has 0 saturated heterocycles. The maximum atomic E-state index is 12.3. The molecule has 18 heavy (non-hydrogen) atoms. The number of rotatable bonds is 4. The highest BCUT2D eigenvalue weighted by atomic mass is 79.9. The SMILES string of the molecule is Cn1nnc(Br)c1S(=O)(=O)NC1CCCC1CCl. The lowest BCUT2D eigenvalue weighted by atomic mass is 10.1. The Kier molecular flexibility index (Phi) is 4.30. The van der Waals surface area contributed by atoms with Crippen LogP contribution in [0.4, 0.5) is 0 Å². The first-order valence-electron chi connectivity index (χ1n) is 5.59. The van der Waals surface area contributed by atoms with Crippen LogP contribution >= 0.6 is 27.5 Å². The molecule has 102 valence electrons. The first-order chi connectivity index (χ1) is 8.45. The summed E-state index contributed by atoms with van der Waals surface area (Å²) in [6, 6.07) is -0.103. The average molecular weight is 358 g/mol. The second kappa shape index (κ2) is 5.44. The molecule has 0 aromatic carbocycles. The molecule has 1 aromatic heterocycles. The van der Waals surface area contributed by atoms with E-state index in [1.54, 1.807) is 7.05 Å². The Morgan fingerprint density at radius 2 is 2.28 bits per heavy atom. The monoisotopic (exact) mass is 356 g/mol. The summed E-state index contributed by atoms with van der Waals surface area (Å²) in [4.78, 5) is 0. The third-order valence-electron chi connectivity index (χ3n) is 3.16. The molecule has 1 aliphatic rings. The molecule has 6 nitrogen and oxygen atoms in total. The van der Waals surface area contributed by atoms with E-state index in [0.717, 1.165) is 19.3 Å². The largest absolute Gasteiger partial charge is 0.260 e. The summed E-state index contributed by atoms with van der Waals surface area (Å²) >= 11 is 8.94. The quantitative estimate of drug-likeness (QED) is 0.823. The summed E-state index contributed by atoms with van der Waals surface area (Å²) in [5, 5.41) is 7.40. The van der Waals surface area contributed by atoms with Crippen molar-refractivity contribution in [3.8, 4) is 0 Å². The van der Waals surface area contributed by atoms with Gasteiger partial charge in [0.05, 0.1) is 0 Å². The molecule has 9 heteroatoms. The van der Waals surface area contributed by atoms with Gasteiger partial charge in [0.25, 0.3) is 10.0 Å². The number of aryl methyl sites for hydroxylation is 1. The van der Waals surface area contributed by atoms with Gasteiger partial charge in [0, 0.05) is 19.0 Å². The van der Waals surface area contributed by atoms with Crippen molar-refractivity contribution in [2.75, 3.05) is 5.88 Å².